The number of anilines is 1. The topological polar surface area (TPSA) is 65.4 Å². The van der Waals surface area contributed by atoms with Gasteiger partial charge in [0.25, 0.3) is 5.91 Å². The third-order valence-electron chi connectivity index (χ3n) is 8.08. The number of piperidine rings is 1. The summed E-state index contributed by atoms with van der Waals surface area (Å²) in [5.41, 5.74) is 2.23. The molecule has 1 N–H and O–H groups in total. The number of carbonyl (C=O) groups is 1. The molecule has 34 heavy (non-hydrogen) atoms. The molecule has 4 rings (SSSR count). The molecule has 5 atom stereocenters. The summed E-state index contributed by atoms with van der Waals surface area (Å²) >= 11 is 0. The molecule has 2 aromatic rings. The highest BCUT2D eigenvalue weighted by molar-refractivity contribution is 6.02. The Kier molecular flexibility index (Phi) is 7.58. The van der Waals surface area contributed by atoms with Crippen molar-refractivity contribution in [2.75, 3.05) is 24.5 Å². The van der Waals surface area contributed by atoms with E-state index in [4.69, 9.17) is 4.74 Å². The predicted molar refractivity (Wildman–Crippen MR) is 138 cm³/mol. The van der Waals surface area contributed by atoms with Crippen molar-refractivity contribution < 1.29 is 9.53 Å². The van der Waals surface area contributed by atoms with E-state index in [1.165, 1.54) is 30.3 Å². The van der Waals surface area contributed by atoms with Crippen LogP contribution in [-0.4, -0.2) is 37.7 Å². The van der Waals surface area contributed by atoms with Gasteiger partial charge < -0.3 is 15.0 Å². The van der Waals surface area contributed by atoms with Crippen LogP contribution < -0.4 is 10.2 Å². The molecule has 180 valence electrons. The van der Waals surface area contributed by atoms with Crippen LogP contribution in [0.15, 0.2) is 42.0 Å². The number of rotatable bonds is 5. The molecule has 1 amide bonds. The van der Waals surface area contributed by atoms with Gasteiger partial charge in [-0.05, 0) is 84.6 Å². The Hall–Kier alpha value is -2.84. The van der Waals surface area contributed by atoms with Gasteiger partial charge in [-0.1, -0.05) is 39.0 Å². The van der Waals surface area contributed by atoms with Gasteiger partial charge in [-0.2, -0.15) is 5.26 Å². The second kappa shape index (κ2) is 10.6. The lowest BCUT2D eigenvalue weighted by molar-refractivity contribution is -0.130. The van der Waals surface area contributed by atoms with Gasteiger partial charge in [0.15, 0.2) is 0 Å². The van der Waals surface area contributed by atoms with E-state index < -0.39 is 0 Å². The van der Waals surface area contributed by atoms with E-state index >= 15 is 0 Å². The normalized spacial score (nSPS) is 27.9. The van der Waals surface area contributed by atoms with Crippen molar-refractivity contribution in [1.82, 2.24) is 5.32 Å². The fourth-order valence-corrected chi connectivity index (χ4v) is 5.30. The minimum Gasteiger partial charge on any atom is -0.373 e. The van der Waals surface area contributed by atoms with Crippen molar-refractivity contribution in [1.29, 1.82) is 5.26 Å². The Morgan fingerprint density at radius 2 is 1.74 bits per heavy atom. The van der Waals surface area contributed by atoms with Crippen LogP contribution in [0.1, 0.15) is 52.5 Å². The van der Waals surface area contributed by atoms with Crippen molar-refractivity contribution in [3.05, 3.63) is 47.5 Å². The SMILES string of the molecule is CC1O[C@H](CNC(=O)/C(C#N)=C/c2ccc3cc(N4CCCCC4)ccc3c2)C(C)C(C)C1C. The van der Waals surface area contributed by atoms with Gasteiger partial charge in [0, 0.05) is 25.3 Å². The van der Waals surface area contributed by atoms with Crippen LogP contribution in [-0.2, 0) is 9.53 Å². The van der Waals surface area contributed by atoms with Crippen molar-refractivity contribution >= 4 is 28.4 Å². The van der Waals surface area contributed by atoms with Crippen LogP contribution in [0.3, 0.4) is 0 Å². The van der Waals surface area contributed by atoms with Gasteiger partial charge in [0.2, 0.25) is 0 Å². The highest BCUT2D eigenvalue weighted by atomic mass is 16.5. The Bertz CT molecular complexity index is 1100. The first-order chi connectivity index (χ1) is 16.4. The molecule has 2 aliphatic rings. The number of hydrogen-bond donors (Lipinski definition) is 1. The molecule has 5 nitrogen and oxygen atoms in total. The lowest BCUT2D eigenvalue weighted by Crippen LogP contribution is -2.48. The molecule has 2 saturated heterocycles. The molecule has 2 fully saturated rings. The Morgan fingerprint density at radius 3 is 2.47 bits per heavy atom. The molecule has 5 heteroatoms. The number of nitriles is 1. The highest BCUT2D eigenvalue weighted by Crippen LogP contribution is 2.34. The average molecular weight is 460 g/mol. The van der Waals surface area contributed by atoms with Crippen molar-refractivity contribution in [2.45, 2.75) is 59.2 Å². The number of nitrogens with one attached hydrogen (secondary N) is 1. The summed E-state index contributed by atoms with van der Waals surface area (Å²) in [7, 11) is 0. The van der Waals surface area contributed by atoms with Crippen molar-refractivity contribution in [3.8, 4) is 6.07 Å². The standard InChI is InChI=1S/C29H37N3O2/c1-19-20(2)22(4)34-28(21(19)3)18-31-29(33)26(17-30)15-23-8-9-25-16-27(11-10-24(25)14-23)32-12-6-5-7-13-32/h8-11,14-16,19-22,28H,5-7,12-13,18H2,1-4H3,(H,31,33)/b26-15+/t19?,20?,21?,22?,28-/m1/s1. The van der Waals surface area contributed by atoms with Crippen molar-refractivity contribution in [2.24, 2.45) is 17.8 Å². The summed E-state index contributed by atoms with van der Waals surface area (Å²) < 4.78 is 6.14. The molecule has 2 heterocycles. The molecular formula is C29H37N3O2. The van der Waals surface area contributed by atoms with E-state index in [2.05, 4.69) is 68.2 Å². The maximum absolute atomic E-state index is 12.8. The summed E-state index contributed by atoms with van der Waals surface area (Å²) in [4.78, 5) is 15.2. The van der Waals surface area contributed by atoms with E-state index in [1.807, 2.05) is 12.1 Å². The molecule has 4 unspecified atom stereocenters. The van der Waals surface area contributed by atoms with Crippen LogP contribution in [0.5, 0.6) is 0 Å². The Labute approximate surface area is 203 Å². The number of hydrogen-bond acceptors (Lipinski definition) is 4. The molecule has 0 saturated carbocycles. The fraction of sp³-hybridized carbons (Fsp3) is 0.517. The monoisotopic (exact) mass is 459 g/mol. The summed E-state index contributed by atoms with van der Waals surface area (Å²) in [6.45, 7) is 11.4. The molecule has 2 aromatic carbocycles. The number of benzene rings is 2. The van der Waals surface area contributed by atoms with Gasteiger partial charge >= 0.3 is 0 Å². The second-order valence-corrected chi connectivity index (χ2v) is 10.2. The first-order valence-electron chi connectivity index (χ1n) is 12.7. The molecule has 2 aliphatic heterocycles. The third-order valence-corrected chi connectivity index (χ3v) is 8.08. The van der Waals surface area contributed by atoms with Crippen LogP contribution >= 0.6 is 0 Å². The number of carbonyl (C=O) groups excluding carboxylic acids is 1. The molecule has 0 aromatic heterocycles. The van der Waals surface area contributed by atoms with E-state index in [9.17, 15) is 10.1 Å². The zero-order chi connectivity index (χ0) is 24.2. The number of ether oxygens (including phenoxy) is 1. The van der Waals surface area contributed by atoms with Gasteiger partial charge in [0.1, 0.15) is 11.6 Å². The lowest BCUT2D eigenvalue weighted by Gasteiger charge is -2.42. The number of fused-ring (bicyclic) bond motifs is 1. The third kappa shape index (κ3) is 5.28. The van der Waals surface area contributed by atoms with Gasteiger partial charge in [-0.3, -0.25) is 4.79 Å². The zero-order valence-corrected chi connectivity index (χ0v) is 20.9. The zero-order valence-electron chi connectivity index (χ0n) is 20.9. The minimum absolute atomic E-state index is 0.0418. The Balaban J connectivity index is 1.44. The molecule has 0 radical (unpaired) electrons. The van der Waals surface area contributed by atoms with E-state index in [0.29, 0.717) is 24.3 Å². The molecule has 0 bridgehead atoms. The largest absolute Gasteiger partial charge is 0.373 e. The molecular weight excluding hydrogens is 422 g/mol. The summed E-state index contributed by atoms with van der Waals surface area (Å²) in [5.74, 6) is 0.999. The fourth-order valence-electron chi connectivity index (χ4n) is 5.30. The summed E-state index contributed by atoms with van der Waals surface area (Å²) in [5, 5.41) is 14.9. The number of nitrogens with zero attached hydrogens (tertiary/aromatic N) is 2. The molecule has 0 aliphatic carbocycles. The Morgan fingerprint density at radius 1 is 1.03 bits per heavy atom. The lowest BCUT2D eigenvalue weighted by atomic mass is 9.77. The quantitative estimate of drug-likeness (QED) is 0.470. The summed E-state index contributed by atoms with van der Waals surface area (Å²) in [6, 6.07) is 14.7. The van der Waals surface area contributed by atoms with Crippen LogP contribution in [0, 0.1) is 29.1 Å². The van der Waals surface area contributed by atoms with E-state index in [-0.39, 0.29) is 23.7 Å². The van der Waals surface area contributed by atoms with Gasteiger partial charge in [-0.25, -0.2) is 0 Å². The predicted octanol–water partition coefficient (Wildman–Crippen LogP) is 5.55. The van der Waals surface area contributed by atoms with Crippen LogP contribution in [0.2, 0.25) is 0 Å². The summed E-state index contributed by atoms with van der Waals surface area (Å²) in [6.07, 6.45) is 5.62. The first-order valence-corrected chi connectivity index (χ1v) is 12.7. The molecule has 0 spiro atoms. The van der Waals surface area contributed by atoms with Gasteiger partial charge in [0.05, 0.1) is 12.2 Å². The highest BCUT2D eigenvalue weighted by Gasteiger charge is 2.37. The average Bonchev–Trinajstić information content (AvgIpc) is 2.87. The smallest absolute Gasteiger partial charge is 0.262 e. The van der Waals surface area contributed by atoms with E-state index in [1.54, 1.807) is 6.08 Å². The first kappa shape index (κ1) is 24.3. The maximum atomic E-state index is 12.8. The number of amides is 1. The second-order valence-electron chi connectivity index (χ2n) is 10.2. The van der Waals surface area contributed by atoms with Gasteiger partial charge in [-0.15, -0.1) is 0 Å². The van der Waals surface area contributed by atoms with Crippen molar-refractivity contribution in [3.63, 3.8) is 0 Å². The van der Waals surface area contributed by atoms with Crippen LogP contribution in [0.4, 0.5) is 5.69 Å². The maximum Gasteiger partial charge on any atom is 0.262 e. The minimum atomic E-state index is -0.349. The van der Waals surface area contributed by atoms with Crippen LogP contribution in [0.25, 0.3) is 16.8 Å². The van der Waals surface area contributed by atoms with E-state index in [0.717, 1.165) is 24.0 Å².